The van der Waals surface area contributed by atoms with Crippen LogP contribution in [0.3, 0.4) is 0 Å². The van der Waals surface area contributed by atoms with E-state index >= 15 is 0 Å². The van der Waals surface area contributed by atoms with Gasteiger partial charge in [0.1, 0.15) is 5.78 Å². The summed E-state index contributed by atoms with van der Waals surface area (Å²) in [5.41, 5.74) is 2.50. The summed E-state index contributed by atoms with van der Waals surface area (Å²) in [7, 11) is 1.61. The third-order valence-corrected chi connectivity index (χ3v) is 6.97. The van der Waals surface area contributed by atoms with Gasteiger partial charge in [-0.15, -0.1) is 0 Å². The van der Waals surface area contributed by atoms with Gasteiger partial charge in [-0.25, -0.2) is 0 Å². The number of benzene rings is 1. The molecule has 4 unspecified atom stereocenters. The largest absolute Gasteiger partial charge is 0.493 e. The SMILES string of the molecule is COc1cc2c(cc1OC(C)=O)C1CCC3(C)C(=O)CCC3C1CC2. The Labute approximate surface area is 148 Å². The van der Waals surface area contributed by atoms with E-state index in [4.69, 9.17) is 9.47 Å². The molecular weight excluding hydrogens is 316 g/mol. The van der Waals surface area contributed by atoms with E-state index in [9.17, 15) is 9.59 Å². The second kappa shape index (κ2) is 5.86. The molecule has 0 amide bonds. The van der Waals surface area contributed by atoms with E-state index in [0.717, 1.165) is 38.5 Å². The highest BCUT2D eigenvalue weighted by Crippen LogP contribution is 2.60. The summed E-state index contributed by atoms with van der Waals surface area (Å²) < 4.78 is 10.8. The molecule has 0 radical (unpaired) electrons. The van der Waals surface area contributed by atoms with Gasteiger partial charge in [0, 0.05) is 18.8 Å². The van der Waals surface area contributed by atoms with Gasteiger partial charge < -0.3 is 9.47 Å². The van der Waals surface area contributed by atoms with Gasteiger partial charge in [0.25, 0.3) is 0 Å². The van der Waals surface area contributed by atoms with Crippen LogP contribution in [0.5, 0.6) is 11.5 Å². The number of hydrogen-bond donors (Lipinski definition) is 0. The van der Waals surface area contributed by atoms with Crippen LogP contribution in [0.1, 0.15) is 63.0 Å². The first kappa shape index (κ1) is 16.6. The third kappa shape index (κ3) is 2.49. The average Bonchev–Trinajstić information content (AvgIpc) is 2.89. The maximum atomic E-state index is 12.4. The Morgan fingerprint density at radius 3 is 2.68 bits per heavy atom. The highest BCUT2D eigenvalue weighted by molar-refractivity contribution is 5.87. The van der Waals surface area contributed by atoms with Gasteiger partial charge in [0.05, 0.1) is 7.11 Å². The molecule has 3 aliphatic carbocycles. The Morgan fingerprint density at radius 1 is 1.16 bits per heavy atom. The van der Waals surface area contributed by atoms with Gasteiger partial charge in [-0.2, -0.15) is 0 Å². The lowest BCUT2D eigenvalue weighted by Crippen LogP contribution is -2.42. The van der Waals surface area contributed by atoms with Gasteiger partial charge in [-0.3, -0.25) is 9.59 Å². The first-order chi connectivity index (χ1) is 11.9. The number of rotatable bonds is 2. The lowest BCUT2D eigenvalue weighted by atomic mass is 9.55. The molecule has 4 heteroatoms. The second-order valence-corrected chi connectivity index (χ2v) is 8.13. The van der Waals surface area contributed by atoms with Crippen molar-refractivity contribution in [2.24, 2.45) is 17.3 Å². The van der Waals surface area contributed by atoms with Gasteiger partial charge in [-0.1, -0.05) is 6.92 Å². The van der Waals surface area contributed by atoms with Gasteiger partial charge in [0.15, 0.2) is 11.5 Å². The normalized spacial score (nSPS) is 33.2. The number of fused-ring (bicyclic) bond motifs is 5. The number of carbonyl (C=O) groups is 2. The van der Waals surface area contributed by atoms with Gasteiger partial charge >= 0.3 is 5.97 Å². The monoisotopic (exact) mass is 342 g/mol. The van der Waals surface area contributed by atoms with Crippen LogP contribution in [0.25, 0.3) is 0 Å². The third-order valence-electron chi connectivity index (χ3n) is 6.97. The molecule has 4 rings (SSSR count). The molecule has 0 saturated heterocycles. The Morgan fingerprint density at radius 2 is 1.96 bits per heavy atom. The maximum absolute atomic E-state index is 12.4. The molecule has 134 valence electrons. The maximum Gasteiger partial charge on any atom is 0.308 e. The van der Waals surface area contributed by atoms with Crippen LogP contribution in [0.15, 0.2) is 12.1 Å². The predicted molar refractivity (Wildman–Crippen MR) is 93.9 cm³/mol. The lowest BCUT2D eigenvalue weighted by Gasteiger charge is -2.48. The fraction of sp³-hybridized carbons (Fsp3) is 0.619. The molecule has 3 aliphatic rings. The Balaban J connectivity index is 1.72. The zero-order valence-electron chi connectivity index (χ0n) is 15.3. The lowest BCUT2D eigenvalue weighted by molar-refractivity contribution is -0.132. The molecular formula is C21H26O4. The number of ether oxygens (including phenoxy) is 2. The molecule has 0 heterocycles. The summed E-state index contributed by atoms with van der Waals surface area (Å²) in [4.78, 5) is 23.9. The first-order valence-electron chi connectivity index (χ1n) is 9.36. The van der Waals surface area contributed by atoms with E-state index in [0.29, 0.717) is 35.0 Å². The van der Waals surface area contributed by atoms with Crippen molar-refractivity contribution in [2.45, 2.75) is 58.3 Å². The standard InChI is InChI=1S/C21H26O4/c1-12(22)25-19-11-16-13(10-18(19)24-3)4-5-15-14(16)8-9-21(2)17(15)6-7-20(21)23/h10-11,14-15,17H,4-9H2,1-3H3. The summed E-state index contributed by atoms with van der Waals surface area (Å²) in [6.45, 7) is 3.61. The van der Waals surface area contributed by atoms with Crippen LogP contribution in [0.2, 0.25) is 0 Å². The van der Waals surface area contributed by atoms with Crippen molar-refractivity contribution >= 4 is 11.8 Å². The Bertz CT molecular complexity index is 738. The number of hydrogen-bond acceptors (Lipinski definition) is 4. The molecule has 1 aromatic carbocycles. The van der Waals surface area contributed by atoms with E-state index in [1.54, 1.807) is 7.11 Å². The summed E-state index contributed by atoms with van der Waals surface area (Å²) in [6, 6.07) is 4.06. The minimum atomic E-state index is -0.330. The highest BCUT2D eigenvalue weighted by atomic mass is 16.6. The van der Waals surface area contributed by atoms with Crippen molar-refractivity contribution in [1.82, 2.24) is 0 Å². The highest BCUT2D eigenvalue weighted by Gasteiger charge is 2.54. The number of methoxy groups -OCH3 is 1. The molecule has 0 aliphatic heterocycles. The molecule has 2 saturated carbocycles. The molecule has 2 fully saturated rings. The fourth-order valence-corrected chi connectivity index (χ4v) is 5.74. The number of carbonyl (C=O) groups excluding carboxylic acids is 2. The number of ketones is 1. The topological polar surface area (TPSA) is 52.6 Å². The molecule has 0 N–H and O–H groups in total. The Kier molecular flexibility index (Phi) is 3.89. The molecule has 0 bridgehead atoms. The predicted octanol–water partition coefficient (Wildman–Crippen LogP) is 4.05. The molecule has 25 heavy (non-hydrogen) atoms. The van der Waals surface area contributed by atoms with Crippen molar-refractivity contribution in [3.8, 4) is 11.5 Å². The summed E-state index contributed by atoms with van der Waals surface area (Å²) >= 11 is 0. The minimum absolute atomic E-state index is 0.107. The Hall–Kier alpha value is -1.84. The van der Waals surface area contributed by atoms with E-state index < -0.39 is 0 Å². The van der Waals surface area contributed by atoms with E-state index in [1.165, 1.54) is 18.1 Å². The van der Waals surface area contributed by atoms with Crippen LogP contribution in [-0.4, -0.2) is 18.9 Å². The van der Waals surface area contributed by atoms with Crippen LogP contribution in [0, 0.1) is 17.3 Å². The molecule has 1 aromatic rings. The number of esters is 1. The zero-order valence-corrected chi connectivity index (χ0v) is 15.3. The van der Waals surface area contributed by atoms with Crippen LogP contribution >= 0.6 is 0 Å². The van der Waals surface area contributed by atoms with Crippen molar-refractivity contribution < 1.29 is 19.1 Å². The van der Waals surface area contributed by atoms with Crippen molar-refractivity contribution in [3.05, 3.63) is 23.3 Å². The quantitative estimate of drug-likeness (QED) is 0.601. The molecule has 4 atom stereocenters. The molecule has 0 spiro atoms. The smallest absolute Gasteiger partial charge is 0.308 e. The molecule has 4 nitrogen and oxygen atoms in total. The van der Waals surface area contributed by atoms with E-state index in [-0.39, 0.29) is 11.4 Å². The van der Waals surface area contributed by atoms with E-state index in [1.807, 2.05) is 12.1 Å². The molecule has 0 aromatic heterocycles. The van der Waals surface area contributed by atoms with E-state index in [2.05, 4.69) is 6.92 Å². The fourth-order valence-electron chi connectivity index (χ4n) is 5.74. The van der Waals surface area contributed by atoms with Gasteiger partial charge in [-0.05, 0) is 73.1 Å². The van der Waals surface area contributed by atoms with Crippen LogP contribution < -0.4 is 9.47 Å². The van der Waals surface area contributed by atoms with Crippen molar-refractivity contribution in [3.63, 3.8) is 0 Å². The van der Waals surface area contributed by atoms with Gasteiger partial charge in [0.2, 0.25) is 0 Å². The van der Waals surface area contributed by atoms with Crippen LogP contribution in [-0.2, 0) is 16.0 Å². The second-order valence-electron chi connectivity index (χ2n) is 8.13. The van der Waals surface area contributed by atoms with Crippen LogP contribution in [0.4, 0.5) is 0 Å². The number of aryl methyl sites for hydroxylation is 1. The number of Topliss-reactive ketones (excluding diaryl/α,β-unsaturated/α-hetero) is 1. The summed E-state index contributed by atoms with van der Waals surface area (Å²) in [6.07, 6.45) is 5.96. The van der Waals surface area contributed by atoms with Crippen molar-refractivity contribution in [2.75, 3.05) is 7.11 Å². The average molecular weight is 342 g/mol. The van der Waals surface area contributed by atoms with Crippen molar-refractivity contribution in [1.29, 1.82) is 0 Å². The minimum Gasteiger partial charge on any atom is -0.493 e. The zero-order chi connectivity index (χ0) is 17.8. The first-order valence-corrected chi connectivity index (χ1v) is 9.36. The summed E-state index contributed by atoms with van der Waals surface area (Å²) in [5.74, 6) is 2.82. The summed E-state index contributed by atoms with van der Waals surface area (Å²) in [5, 5.41) is 0.